The summed E-state index contributed by atoms with van der Waals surface area (Å²) < 4.78 is 0. The Labute approximate surface area is 134 Å². The number of amides is 1. The molecule has 0 saturated heterocycles. The van der Waals surface area contributed by atoms with Crippen molar-refractivity contribution in [3.63, 3.8) is 0 Å². The largest absolute Gasteiger partial charge is 0.478 e. The van der Waals surface area contributed by atoms with Crippen LogP contribution in [0.1, 0.15) is 28.4 Å². The molecule has 0 aliphatic rings. The normalized spacial score (nSPS) is 10.7. The maximum Gasteiger partial charge on any atom is 0.337 e. The summed E-state index contributed by atoms with van der Waals surface area (Å²) in [6.45, 7) is 1.79. The van der Waals surface area contributed by atoms with Crippen LogP contribution in [0.25, 0.3) is 5.57 Å². The smallest absolute Gasteiger partial charge is 0.337 e. The first-order valence-electron chi connectivity index (χ1n) is 6.90. The van der Waals surface area contributed by atoms with Gasteiger partial charge in [-0.1, -0.05) is 30.2 Å². The van der Waals surface area contributed by atoms with Crippen LogP contribution in [-0.4, -0.2) is 17.0 Å². The number of benzene rings is 2. The van der Waals surface area contributed by atoms with Gasteiger partial charge >= 0.3 is 5.97 Å². The molecule has 0 saturated carbocycles. The molecule has 0 bridgehead atoms. The predicted molar refractivity (Wildman–Crippen MR) is 90.1 cm³/mol. The molecule has 4 nitrogen and oxygen atoms in total. The summed E-state index contributed by atoms with van der Waals surface area (Å²) in [4.78, 5) is 23.2. The molecule has 0 fully saturated rings. The number of hydrogen-bond donors (Lipinski definition) is 2. The molecule has 0 spiro atoms. The minimum Gasteiger partial charge on any atom is -0.478 e. The Morgan fingerprint density at radius 3 is 2.61 bits per heavy atom. The molecule has 2 aromatic rings. The van der Waals surface area contributed by atoms with Crippen LogP contribution in [0, 0.1) is 12.3 Å². The Kier molecular flexibility index (Phi) is 4.96. The summed E-state index contributed by atoms with van der Waals surface area (Å²) in [6, 6.07) is 13.5. The number of para-hydroxylation sites is 1. The lowest BCUT2D eigenvalue weighted by Gasteiger charge is -2.07. The van der Waals surface area contributed by atoms with Crippen LogP contribution < -0.4 is 5.32 Å². The third-order valence-corrected chi connectivity index (χ3v) is 3.25. The number of carbonyl (C=O) groups excluding carboxylic acids is 1. The van der Waals surface area contributed by atoms with Gasteiger partial charge in [0.2, 0.25) is 5.91 Å². The van der Waals surface area contributed by atoms with E-state index in [1.807, 2.05) is 18.2 Å². The van der Waals surface area contributed by atoms with Crippen molar-refractivity contribution in [2.24, 2.45) is 0 Å². The molecule has 1 amide bonds. The Morgan fingerprint density at radius 1 is 1.17 bits per heavy atom. The number of nitrogens with one attached hydrogen (secondary N) is 1. The summed E-state index contributed by atoms with van der Waals surface area (Å²) in [5.74, 6) is 1.05. The third kappa shape index (κ3) is 4.08. The van der Waals surface area contributed by atoms with Crippen LogP contribution >= 0.6 is 0 Å². The van der Waals surface area contributed by atoms with E-state index in [1.54, 1.807) is 31.2 Å². The van der Waals surface area contributed by atoms with Crippen LogP contribution in [-0.2, 0) is 4.79 Å². The SMILES string of the molecule is C#Cc1cccc(C(C)=CC(=O)Nc2ccccc2C(=O)O)c1. The number of carboxylic acid groups (broad SMARTS) is 1. The summed E-state index contributed by atoms with van der Waals surface area (Å²) >= 11 is 0. The second-order valence-corrected chi connectivity index (χ2v) is 4.89. The lowest BCUT2D eigenvalue weighted by atomic mass is 10.0. The monoisotopic (exact) mass is 305 g/mol. The van der Waals surface area contributed by atoms with E-state index in [0.29, 0.717) is 0 Å². The van der Waals surface area contributed by atoms with Gasteiger partial charge in [-0.15, -0.1) is 6.42 Å². The van der Waals surface area contributed by atoms with Crippen molar-refractivity contribution in [2.45, 2.75) is 6.92 Å². The van der Waals surface area contributed by atoms with Gasteiger partial charge in [0.05, 0.1) is 11.3 Å². The minimum absolute atomic E-state index is 0.0428. The van der Waals surface area contributed by atoms with Crippen molar-refractivity contribution in [3.8, 4) is 12.3 Å². The van der Waals surface area contributed by atoms with Crippen LogP contribution in [0.15, 0.2) is 54.6 Å². The Hall–Kier alpha value is -3.32. The Balaban J connectivity index is 2.21. The van der Waals surface area contributed by atoms with Gasteiger partial charge in [-0.25, -0.2) is 4.79 Å². The van der Waals surface area contributed by atoms with Gasteiger partial charge < -0.3 is 10.4 Å². The number of terminal acetylenes is 1. The van der Waals surface area contributed by atoms with E-state index < -0.39 is 11.9 Å². The van der Waals surface area contributed by atoms with E-state index in [1.165, 1.54) is 12.1 Å². The summed E-state index contributed by atoms with van der Waals surface area (Å²) in [5, 5.41) is 11.7. The highest BCUT2D eigenvalue weighted by Crippen LogP contribution is 2.17. The van der Waals surface area contributed by atoms with E-state index in [0.717, 1.165) is 16.7 Å². The molecule has 0 atom stereocenters. The first-order chi connectivity index (χ1) is 11.0. The number of aromatic carboxylic acids is 1. The number of rotatable bonds is 4. The molecule has 0 heterocycles. The van der Waals surface area contributed by atoms with Crippen molar-refractivity contribution in [1.82, 2.24) is 0 Å². The first kappa shape index (κ1) is 16.1. The highest BCUT2D eigenvalue weighted by molar-refractivity contribution is 6.07. The van der Waals surface area contributed by atoms with E-state index in [4.69, 9.17) is 11.5 Å². The summed E-state index contributed by atoms with van der Waals surface area (Å²) in [6.07, 6.45) is 6.77. The van der Waals surface area contributed by atoms with E-state index in [9.17, 15) is 9.59 Å². The zero-order chi connectivity index (χ0) is 16.8. The molecule has 114 valence electrons. The van der Waals surface area contributed by atoms with Crippen LogP contribution in [0.5, 0.6) is 0 Å². The second kappa shape index (κ2) is 7.10. The Morgan fingerprint density at radius 2 is 1.91 bits per heavy atom. The molecule has 2 N–H and O–H groups in total. The third-order valence-electron chi connectivity index (χ3n) is 3.25. The zero-order valence-corrected chi connectivity index (χ0v) is 12.5. The van der Waals surface area contributed by atoms with Crippen molar-refractivity contribution in [3.05, 3.63) is 71.3 Å². The lowest BCUT2D eigenvalue weighted by Crippen LogP contribution is -2.12. The predicted octanol–water partition coefficient (Wildman–Crippen LogP) is 3.41. The molecular formula is C19H15NO3. The second-order valence-electron chi connectivity index (χ2n) is 4.89. The van der Waals surface area contributed by atoms with Gasteiger partial charge in [0.25, 0.3) is 0 Å². The van der Waals surface area contributed by atoms with Gasteiger partial charge in [-0.2, -0.15) is 0 Å². The number of carboxylic acids is 1. The molecule has 23 heavy (non-hydrogen) atoms. The number of carbonyl (C=O) groups is 2. The van der Waals surface area contributed by atoms with E-state index >= 15 is 0 Å². The van der Waals surface area contributed by atoms with Crippen LogP contribution in [0.3, 0.4) is 0 Å². The van der Waals surface area contributed by atoms with Crippen molar-refractivity contribution < 1.29 is 14.7 Å². The molecule has 0 radical (unpaired) electrons. The molecule has 2 rings (SSSR count). The van der Waals surface area contributed by atoms with Crippen molar-refractivity contribution in [2.75, 3.05) is 5.32 Å². The van der Waals surface area contributed by atoms with Gasteiger partial charge in [0, 0.05) is 11.6 Å². The molecule has 2 aromatic carbocycles. The zero-order valence-electron chi connectivity index (χ0n) is 12.5. The van der Waals surface area contributed by atoms with E-state index in [2.05, 4.69) is 11.2 Å². The quantitative estimate of drug-likeness (QED) is 0.672. The Bertz CT molecular complexity index is 829. The fourth-order valence-corrected chi connectivity index (χ4v) is 2.08. The molecular weight excluding hydrogens is 290 g/mol. The summed E-state index contributed by atoms with van der Waals surface area (Å²) in [5.41, 5.74) is 2.59. The van der Waals surface area contributed by atoms with Gasteiger partial charge in [0.15, 0.2) is 0 Å². The average Bonchev–Trinajstić information content (AvgIpc) is 2.55. The lowest BCUT2D eigenvalue weighted by molar-refractivity contribution is -0.111. The first-order valence-corrected chi connectivity index (χ1v) is 6.90. The molecule has 4 heteroatoms. The summed E-state index contributed by atoms with van der Waals surface area (Å²) in [7, 11) is 0. The maximum atomic E-state index is 12.1. The maximum absolute atomic E-state index is 12.1. The molecule has 0 unspecified atom stereocenters. The fourth-order valence-electron chi connectivity index (χ4n) is 2.08. The molecule has 0 aliphatic heterocycles. The molecule has 0 aliphatic carbocycles. The van der Waals surface area contributed by atoms with Gasteiger partial charge in [-0.3, -0.25) is 4.79 Å². The average molecular weight is 305 g/mol. The number of allylic oxidation sites excluding steroid dienone is 1. The minimum atomic E-state index is -1.09. The molecule has 0 aromatic heterocycles. The topological polar surface area (TPSA) is 66.4 Å². The highest BCUT2D eigenvalue weighted by atomic mass is 16.4. The van der Waals surface area contributed by atoms with Crippen molar-refractivity contribution in [1.29, 1.82) is 0 Å². The fraction of sp³-hybridized carbons (Fsp3) is 0.0526. The van der Waals surface area contributed by atoms with E-state index in [-0.39, 0.29) is 11.3 Å². The highest BCUT2D eigenvalue weighted by Gasteiger charge is 2.10. The number of anilines is 1. The van der Waals surface area contributed by atoms with Gasteiger partial charge in [0.1, 0.15) is 0 Å². The van der Waals surface area contributed by atoms with Crippen LogP contribution in [0.2, 0.25) is 0 Å². The van der Waals surface area contributed by atoms with Gasteiger partial charge in [-0.05, 0) is 42.3 Å². The van der Waals surface area contributed by atoms with Crippen LogP contribution in [0.4, 0.5) is 5.69 Å². The standard InChI is InChI=1S/C19H15NO3/c1-3-14-7-6-8-15(12-14)13(2)11-18(21)20-17-10-5-4-9-16(17)19(22)23/h1,4-12H,2H3,(H,20,21)(H,22,23). The van der Waals surface area contributed by atoms with Crippen molar-refractivity contribution >= 4 is 23.1 Å². The number of hydrogen-bond acceptors (Lipinski definition) is 2.